The lowest BCUT2D eigenvalue weighted by atomic mass is 10.1. The highest BCUT2D eigenvalue weighted by molar-refractivity contribution is 6.07. The number of aryl methyl sites for hydroxylation is 4. The van der Waals surface area contributed by atoms with Crippen molar-refractivity contribution in [1.82, 2.24) is 0 Å². The first kappa shape index (κ1) is 19.9. The molecule has 0 atom stereocenters. The Balaban J connectivity index is 2.44. The first-order valence-electron chi connectivity index (χ1n) is 8.41. The summed E-state index contributed by atoms with van der Waals surface area (Å²) in [5, 5.41) is 0. The number of rotatable bonds is 4. The van der Waals surface area contributed by atoms with Crippen LogP contribution in [0.25, 0.3) is 0 Å². The van der Waals surface area contributed by atoms with E-state index < -0.39 is 11.9 Å². The van der Waals surface area contributed by atoms with Crippen LogP contribution in [0.1, 0.15) is 35.6 Å². The van der Waals surface area contributed by atoms with Gasteiger partial charge in [-0.15, -0.1) is 0 Å². The SMILES string of the molecule is CC(CC(=Nc1c(C)cccc1C)C(F)(F)F)=Nc1c(C)cccc1C. The zero-order valence-corrected chi connectivity index (χ0v) is 15.7. The Kier molecular flexibility index (Phi) is 6.01. The first-order valence-corrected chi connectivity index (χ1v) is 8.41. The topological polar surface area (TPSA) is 24.7 Å². The number of para-hydroxylation sites is 2. The molecule has 0 fully saturated rings. The van der Waals surface area contributed by atoms with Gasteiger partial charge in [0.25, 0.3) is 0 Å². The van der Waals surface area contributed by atoms with E-state index in [0.29, 0.717) is 11.4 Å². The van der Waals surface area contributed by atoms with Crippen LogP contribution in [-0.4, -0.2) is 17.6 Å². The third-order valence-corrected chi connectivity index (χ3v) is 4.18. The van der Waals surface area contributed by atoms with Gasteiger partial charge in [-0.3, -0.25) is 4.99 Å². The lowest BCUT2D eigenvalue weighted by molar-refractivity contribution is -0.0597. The fraction of sp³-hybridized carbons (Fsp3) is 0.333. The molecule has 0 unspecified atom stereocenters. The van der Waals surface area contributed by atoms with E-state index in [2.05, 4.69) is 9.98 Å². The predicted molar refractivity (Wildman–Crippen MR) is 102 cm³/mol. The molecule has 2 aromatic rings. The molecular weight excluding hydrogens is 337 g/mol. The molecule has 2 aromatic carbocycles. The van der Waals surface area contributed by atoms with Crippen molar-refractivity contribution >= 4 is 22.8 Å². The monoisotopic (exact) mass is 360 g/mol. The van der Waals surface area contributed by atoms with Crippen LogP contribution >= 0.6 is 0 Å². The minimum atomic E-state index is -4.51. The van der Waals surface area contributed by atoms with Crippen molar-refractivity contribution in [1.29, 1.82) is 0 Å². The number of benzene rings is 2. The van der Waals surface area contributed by atoms with Crippen LogP contribution in [0.3, 0.4) is 0 Å². The number of nitrogens with zero attached hydrogens (tertiary/aromatic N) is 2. The van der Waals surface area contributed by atoms with E-state index in [-0.39, 0.29) is 6.42 Å². The van der Waals surface area contributed by atoms with Gasteiger partial charge in [0.15, 0.2) is 0 Å². The number of hydrogen-bond donors (Lipinski definition) is 0. The van der Waals surface area contributed by atoms with E-state index in [1.807, 2.05) is 38.1 Å². The van der Waals surface area contributed by atoms with Gasteiger partial charge >= 0.3 is 6.18 Å². The van der Waals surface area contributed by atoms with Crippen molar-refractivity contribution < 1.29 is 13.2 Å². The van der Waals surface area contributed by atoms with Crippen LogP contribution in [-0.2, 0) is 0 Å². The van der Waals surface area contributed by atoms with Gasteiger partial charge in [-0.1, -0.05) is 36.4 Å². The van der Waals surface area contributed by atoms with Crippen molar-refractivity contribution in [2.24, 2.45) is 9.98 Å². The van der Waals surface area contributed by atoms with E-state index in [1.54, 1.807) is 32.9 Å². The molecule has 0 saturated heterocycles. The molecule has 5 heteroatoms. The molecule has 2 rings (SSSR count). The smallest absolute Gasteiger partial charge is 0.257 e. The third-order valence-electron chi connectivity index (χ3n) is 4.18. The highest BCUT2D eigenvalue weighted by Gasteiger charge is 2.36. The molecule has 26 heavy (non-hydrogen) atoms. The molecule has 0 amide bonds. The summed E-state index contributed by atoms with van der Waals surface area (Å²) in [4.78, 5) is 8.40. The molecule has 0 saturated carbocycles. The molecule has 138 valence electrons. The van der Waals surface area contributed by atoms with Gasteiger partial charge in [0.05, 0.1) is 11.4 Å². The molecule has 0 heterocycles. The van der Waals surface area contributed by atoms with Crippen LogP contribution < -0.4 is 0 Å². The van der Waals surface area contributed by atoms with Crippen molar-refractivity contribution in [2.45, 2.75) is 47.2 Å². The normalized spacial score (nSPS) is 13.2. The summed E-state index contributed by atoms with van der Waals surface area (Å²) in [7, 11) is 0. The summed E-state index contributed by atoms with van der Waals surface area (Å²) < 4.78 is 40.6. The number of hydrogen-bond acceptors (Lipinski definition) is 2. The molecule has 0 aliphatic rings. The minimum absolute atomic E-state index is 0.342. The Bertz CT molecular complexity index is 822. The molecule has 0 bridgehead atoms. The third kappa shape index (κ3) is 4.81. The second-order valence-electron chi connectivity index (χ2n) is 6.56. The summed E-state index contributed by atoms with van der Waals surface area (Å²) in [5.74, 6) is 0. The Morgan fingerprint density at radius 2 is 1.15 bits per heavy atom. The number of aliphatic imine (C=N–C) groups is 2. The highest BCUT2D eigenvalue weighted by atomic mass is 19.4. The molecular formula is C21H23F3N2. The van der Waals surface area contributed by atoms with Gasteiger partial charge in [-0.25, -0.2) is 4.99 Å². The van der Waals surface area contributed by atoms with Crippen LogP contribution in [0.15, 0.2) is 46.4 Å². The van der Waals surface area contributed by atoms with Crippen LogP contribution in [0, 0.1) is 27.7 Å². The molecule has 0 N–H and O–H groups in total. The first-order chi connectivity index (χ1) is 12.1. The Hall–Kier alpha value is -2.43. The fourth-order valence-electron chi connectivity index (χ4n) is 2.77. The fourth-order valence-corrected chi connectivity index (χ4v) is 2.77. The zero-order valence-electron chi connectivity index (χ0n) is 15.7. The summed E-state index contributed by atoms with van der Waals surface area (Å²) in [6.07, 6.45) is -4.85. The lowest BCUT2D eigenvalue weighted by Crippen LogP contribution is -2.25. The van der Waals surface area contributed by atoms with Crippen LogP contribution in [0.4, 0.5) is 24.5 Å². The summed E-state index contributed by atoms with van der Waals surface area (Å²) >= 11 is 0. The maximum absolute atomic E-state index is 13.5. The van der Waals surface area contributed by atoms with Crippen LogP contribution in [0.5, 0.6) is 0 Å². The molecule has 0 aliphatic heterocycles. The predicted octanol–water partition coefficient (Wildman–Crippen LogP) is 6.74. The molecule has 0 radical (unpaired) electrons. The Morgan fingerprint density at radius 1 is 0.769 bits per heavy atom. The Morgan fingerprint density at radius 3 is 1.54 bits per heavy atom. The average Bonchev–Trinajstić information content (AvgIpc) is 2.52. The van der Waals surface area contributed by atoms with E-state index in [4.69, 9.17) is 0 Å². The Labute approximate surface area is 152 Å². The van der Waals surface area contributed by atoms with Gasteiger partial charge in [-0.2, -0.15) is 13.2 Å². The average molecular weight is 360 g/mol. The van der Waals surface area contributed by atoms with E-state index >= 15 is 0 Å². The van der Waals surface area contributed by atoms with Crippen molar-refractivity contribution in [3.05, 3.63) is 58.7 Å². The van der Waals surface area contributed by atoms with Gasteiger partial charge in [0.2, 0.25) is 0 Å². The standard InChI is InChI=1S/C21H23F3N2/c1-13-8-6-9-14(2)19(13)25-17(5)12-18(21(22,23)24)26-20-15(3)10-7-11-16(20)4/h6-11H,12H2,1-5H3. The largest absolute Gasteiger partial charge is 0.429 e. The van der Waals surface area contributed by atoms with Crippen molar-refractivity contribution in [2.75, 3.05) is 0 Å². The van der Waals surface area contributed by atoms with Crippen molar-refractivity contribution in [3.63, 3.8) is 0 Å². The van der Waals surface area contributed by atoms with E-state index in [1.165, 1.54) is 0 Å². The second kappa shape index (κ2) is 7.85. The minimum Gasteiger partial charge on any atom is -0.257 e. The molecule has 0 spiro atoms. The summed E-state index contributed by atoms with van der Waals surface area (Å²) in [6, 6.07) is 11.0. The van der Waals surface area contributed by atoms with Gasteiger partial charge in [-0.05, 0) is 56.9 Å². The van der Waals surface area contributed by atoms with Gasteiger partial charge < -0.3 is 0 Å². The maximum atomic E-state index is 13.5. The number of alkyl halides is 3. The van der Waals surface area contributed by atoms with Gasteiger partial charge in [0.1, 0.15) is 5.71 Å². The van der Waals surface area contributed by atoms with E-state index in [0.717, 1.165) is 27.9 Å². The number of halogens is 3. The van der Waals surface area contributed by atoms with Gasteiger partial charge in [0, 0.05) is 12.1 Å². The lowest BCUT2D eigenvalue weighted by Gasteiger charge is -2.13. The molecule has 0 aromatic heterocycles. The molecule has 2 nitrogen and oxygen atoms in total. The second-order valence-corrected chi connectivity index (χ2v) is 6.56. The van der Waals surface area contributed by atoms with Crippen LogP contribution in [0.2, 0.25) is 0 Å². The van der Waals surface area contributed by atoms with Crippen molar-refractivity contribution in [3.8, 4) is 0 Å². The summed E-state index contributed by atoms with van der Waals surface area (Å²) in [6.45, 7) is 8.93. The zero-order chi connectivity index (χ0) is 19.5. The quantitative estimate of drug-likeness (QED) is 0.540. The molecule has 0 aliphatic carbocycles. The van der Waals surface area contributed by atoms with E-state index in [9.17, 15) is 13.2 Å². The summed E-state index contributed by atoms with van der Waals surface area (Å²) in [5.41, 5.74) is 3.95. The maximum Gasteiger partial charge on any atom is 0.429 e. The highest BCUT2D eigenvalue weighted by Crippen LogP contribution is 2.29.